The quantitative estimate of drug-likeness (QED) is 0.139. The number of aromatic nitrogens is 2. The van der Waals surface area contributed by atoms with Gasteiger partial charge in [0.2, 0.25) is 0 Å². The van der Waals surface area contributed by atoms with Crippen molar-refractivity contribution < 1.29 is 14.3 Å². The van der Waals surface area contributed by atoms with Crippen LogP contribution in [0.25, 0.3) is 0 Å². The number of thioether (sulfide) groups is 1. The van der Waals surface area contributed by atoms with Gasteiger partial charge in [-0.05, 0) is 59.9 Å². The fourth-order valence-electron chi connectivity index (χ4n) is 4.70. The molecule has 206 valence electrons. The number of fused-ring (bicyclic) bond motifs is 1. The van der Waals surface area contributed by atoms with Crippen LogP contribution < -0.4 is 19.7 Å². The molecule has 0 radical (unpaired) electrons. The predicted molar refractivity (Wildman–Crippen MR) is 160 cm³/mol. The van der Waals surface area contributed by atoms with Crippen molar-refractivity contribution in [2.45, 2.75) is 36.8 Å². The standard InChI is InChI=1S/C31H31ClN4O3S/c1-20(22-7-5-4-6-8-22)33-30(37)23-11-9-21(10-12-23)19-40-31-34-28(32)17-29(35-31)36-14-13-24-15-26(38-2)27(39-3)16-25(24)18-36/h4-12,15-17,20H,13-14,18-19H2,1-3H3,(H,33,37). The van der Waals surface area contributed by atoms with Crippen molar-refractivity contribution in [3.63, 3.8) is 0 Å². The lowest BCUT2D eigenvalue weighted by Gasteiger charge is -2.30. The van der Waals surface area contributed by atoms with Gasteiger partial charge in [0.1, 0.15) is 11.0 Å². The van der Waals surface area contributed by atoms with E-state index >= 15 is 0 Å². The minimum atomic E-state index is -0.0995. The Morgan fingerprint density at radius 3 is 2.40 bits per heavy atom. The first-order valence-corrected chi connectivity index (χ1v) is 14.4. The summed E-state index contributed by atoms with van der Waals surface area (Å²) in [6.45, 7) is 3.49. The highest BCUT2D eigenvalue weighted by Gasteiger charge is 2.21. The molecule has 3 aromatic carbocycles. The smallest absolute Gasteiger partial charge is 0.251 e. The van der Waals surface area contributed by atoms with E-state index in [0.717, 1.165) is 35.7 Å². The number of benzene rings is 3. The van der Waals surface area contributed by atoms with Crippen LogP contribution in [0.3, 0.4) is 0 Å². The maximum Gasteiger partial charge on any atom is 0.251 e. The zero-order valence-electron chi connectivity index (χ0n) is 22.7. The Morgan fingerprint density at radius 1 is 1.00 bits per heavy atom. The number of methoxy groups -OCH3 is 2. The van der Waals surface area contributed by atoms with E-state index in [-0.39, 0.29) is 11.9 Å². The van der Waals surface area contributed by atoms with Gasteiger partial charge in [-0.3, -0.25) is 4.79 Å². The van der Waals surface area contributed by atoms with Gasteiger partial charge in [0.05, 0.1) is 20.3 Å². The normalized spacial score (nSPS) is 13.3. The third kappa shape index (κ3) is 6.51. The van der Waals surface area contributed by atoms with Gasteiger partial charge in [-0.25, -0.2) is 9.97 Å². The summed E-state index contributed by atoms with van der Waals surface area (Å²) in [6.07, 6.45) is 0.865. The van der Waals surface area contributed by atoms with E-state index in [1.54, 1.807) is 20.3 Å². The average molecular weight is 575 g/mol. The summed E-state index contributed by atoms with van der Waals surface area (Å²) in [4.78, 5) is 24.2. The topological polar surface area (TPSA) is 76.6 Å². The lowest BCUT2D eigenvalue weighted by molar-refractivity contribution is 0.0940. The van der Waals surface area contributed by atoms with E-state index in [2.05, 4.69) is 21.3 Å². The van der Waals surface area contributed by atoms with E-state index in [9.17, 15) is 4.79 Å². The molecule has 9 heteroatoms. The Bertz CT molecular complexity index is 1480. The van der Waals surface area contributed by atoms with Crippen molar-refractivity contribution in [3.05, 3.63) is 106 Å². The molecule has 0 saturated heterocycles. The zero-order valence-corrected chi connectivity index (χ0v) is 24.3. The number of carbonyl (C=O) groups is 1. The molecule has 1 N–H and O–H groups in total. The van der Waals surface area contributed by atoms with Crippen LogP contribution in [0.4, 0.5) is 5.82 Å². The summed E-state index contributed by atoms with van der Waals surface area (Å²) in [5, 5.41) is 4.07. The monoisotopic (exact) mass is 574 g/mol. The second-order valence-corrected chi connectivity index (χ2v) is 10.9. The number of hydrogen-bond donors (Lipinski definition) is 1. The number of nitrogens with one attached hydrogen (secondary N) is 1. The fraction of sp³-hybridized carbons (Fsp3) is 0.258. The SMILES string of the molecule is COc1cc2c(cc1OC)CN(c1cc(Cl)nc(SCc3ccc(C(=O)NC(C)c4ccccc4)cc3)n1)CC2. The summed E-state index contributed by atoms with van der Waals surface area (Å²) in [7, 11) is 3.30. The molecule has 5 rings (SSSR count). The molecule has 1 amide bonds. The Hall–Kier alpha value is -3.75. The highest BCUT2D eigenvalue weighted by molar-refractivity contribution is 7.98. The van der Waals surface area contributed by atoms with E-state index < -0.39 is 0 Å². The largest absolute Gasteiger partial charge is 0.493 e. The highest BCUT2D eigenvalue weighted by atomic mass is 35.5. The minimum Gasteiger partial charge on any atom is -0.493 e. The molecule has 0 aliphatic carbocycles. The summed E-state index contributed by atoms with van der Waals surface area (Å²) in [5.41, 5.74) is 5.18. The van der Waals surface area contributed by atoms with Crippen molar-refractivity contribution in [2.24, 2.45) is 0 Å². The number of nitrogens with zero attached hydrogens (tertiary/aromatic N) is 3. The number of rotatable bonds is 9. The molecule has 1 unspecified atom stereocenters. The maximum atomic E-state index is 12.7. The summed E-state index contributed by atoms with van der Waals surface area (Å²) in [5.74, 6) is 2.81. The lowest BCUT2D eigenvalue weighted by atomic mass is 9.99. The molecular weight excluding hydrogens is 544 g/mol. The maximum absolute atomic E-state index is 12.7. The molecule has 0 saturated carbocycles. The van der Waals surface area contributed by atoms with Crippen LogP contribution in [-0.2, 0) is 18.7 Å². The molecule has 0 bridgehead atoms. The van der Waals surface area contributed by atoms with E-state index in [0.29, 0.717) is 33.9 Å². The van der Waals surface area contributed by atoms with Gasteiger partial charge in [0.25, 0.3) is 5.91 Å². The van der Waals surface area contributed by atoms with Gasteiger partial charge < -0.3 is 19.7 Å². The molecule has 0 spiro atoms. The van der Waals surface area contributed by atoms with Crippen molar-refractivity contribution in [1.82, 2.24) is 15.3 Å². The van der Waals surface area contributed by atoms with Crippen LogP contribution >= 0.6 is 23.4 Å². The van der Waals surface area contributed by atoms with Crippen molar-refractivity contribution in [1.29, 1.82) is 0 Å². The Kier molecular flexibility index (Phi) is 8.77. The number of carbonyl (C=O) groups excluding carboxylic acids is 1. The van der Waals surface area contributed by atoms with Crippen LogP contribution in [0.2, 0.25) is 5.15 Å². The molecule has 2 heterocycles. The van der Waals surface area contributed by atoms with E-state index in [1.165, 1.54) is 22.9 Å². The van der Waals surface area contributed by atoms with Gasteiger partial charge in [-0.1, -0.05) is 65.8 Å². The second kappa shape index (κ2) is 12.6. The van der Waals surface area contributed by atoms with Crippen LogP contribution in [-0.4, -0.2) is 36.6 Å². The van der Waals surface area contributed by atoms with Crippen LogP contribution in [0.1, 0.15) is 45.6 Å². The van der Waals surface area contributed by atoms with Gasteiger partial charge in [0.15, 0.2) is 16.7 Å². The number of hydrogen-bond acceptors (Lipinski definition) is 7. The van der Waals surface area contributed by atoms with E-state index in [1.807, 2.05) is 67.6 Å². The van der Waals surface area contributed by atoms with Crippen molar-refractivity contribution >= 4 is 35.1 Å². The summed E-state index contributed by atoms with van der Waals surface area (Å²) < 4.78 is 11.0. The molecule has 1 aliphatic rings. The van der Waals surface area contributed by atoms with Crippen molar-refractivity contribution in [2.75, 3.05) is 25.7 Å². The molecule has 7 nitrogen and oxygen atoms in total. The lowest BCUT2D eigenvalue weighted by Crippen LogP contribution is -2.31. The fourth-order valence-corrected chi connectivity index (χ4v) is 5.73. The van der Waals surface area contributed by atoms with Crippen molar-refractivity contribution in [3.8, 4) is 11.5 Å². The zero-order chi connectivity index (χ0) is 28.1. The molecule has 1 aromatic heterocycles. The minimum absolute atomic E-state index is 0.0728. The van der Waals surface area contributed by atoms with Gasteiger partial charge >= 0.3 is 0 Å². The van der Waals surface area contributed by atoms with Gasteiger partial charge in [-0.2, -0.15) is 0 Å². The third-order valence-electron chi connectivity index (χ3n) is 6.93. The Balaban J connectivity index is 1.22. The molecule has 1 aliphatic heterocycles. The van der Waals surface area contributed by atoms with Crippen LogP contribution in [0.15, 0.2) is 78.0 Å². The molecule has 1 atom stereocenters. The Labute approximate surface area is 243 Å². The number of halogens is 1. The number of ether oxygens (including phenoxy) is 2. The van der Waals surface area contributed by atoms with Crippen LogP contribution in [0, 0.1) is 0 Å². The Morgan fingerprint density at radius 2 is 1.70 bits per heavy atom. The third-order valence-corrected chi connectivity index (χ3v) is 8.05. The molecule has 4 aromatic rings. The number of anilines is 1. The molecular formula is C31H31ClN4O3S. The van der Waals surface area contributed by atoms with Crippen LogP contribution in [0.5, 0.6) is 11.5 Å². The number of amides is 1. The van der Waals surface area contributed by atoms with E-state index in [4.69, 9.17) is 26.1 Å². The summed E-state index contributed by atoms with van der Waals surface area (Å²) in [6, 6.07) is 23.4. The molecule has 0 fully saturated rings. The first-order valence-electron chi connectivity index (χ1n) is 13.0. The average Bonchev–Trinajstić information content (AvgIpc) is 2.99. The van der Waals surface area contributed by atoms with Gasteiger partial charge in [-0.15, -0.1) is 0 Å². The second-order valence-electron chi connectivity index (χ2n) is 9.57. The predicted octanol–water partition coefficient (Wildman–Crippen LogP) is 6.49. The summed E-state index contributed by atoms with van der Waals surface area (Å²) >= 11 is 7.92. The first kappa shape index (κ1) is 27.8. The first-order chi connectivity index (χ1) is 19.4. The molecule has 40 heavy (non-hydrogen) atoms. The van der Waals surface area contributed by atoms with Gasteiger partial charge in [0, 0.05) is 30.5 Å². The highest BCUT2D eigenvalue weighted by Crippen LogP contribution is 2.35.